The number of ether oxygens (including phenoxy) is 1. The zero-order valence-corrected chi connectivity index (χ0v) is 17.8. The molecule has 7 heteroatoms. The highest BCUT2D eigenvalue weighted by Crippen LogP contribution is 2.22. The molecule has 1 N–H and O–H groups in total. The van der Waals surface area contributed by atoms with Crippen molar-refractivity contribution in [2.75, 3.05) is 33.4 Å². The molecule has 2 heterocycles. The van der Waals surface area contributed by atoms with Gasteiger partial charge in [0.25, 0.3) is 0 Å². The summed E-state index contributed by atoms with van der Waals surface area (Å²) in [6, 6.07) is 0. The summed E-state index contributed by atoms with van der Waals surface area (Å²) in [5.41, 5.74) is -0.0290. The third-order valence-electron chi connectivity index (χ3n) is 3.91. The van der Waals surface area contributed by atoms with E-state index in [9.17, 15) is 0 Å². The Morgan fingerprint density at radius 3 is 2.75 bits per heavy atom. The van der Waals surface area contributed by atoms with Crippen LogP contribution in [0.3, 0.4) is 0 Å². The maximum absolute atomic E-state index is 5.81. The van der Waals surface area contributed by atoms with Crippen molar-refractivity contribution in [3.8, 4) is 0 Å². The fourth-order valence-electron chi connectivity index (χ4n) is 2.54. The molecule has 0 bridgehead atoms. The molecule has 0 saturated carbocycles. The lowest BCUT2D eigenvalue weighted by molar-refractivity contribution is 0.181. The predicted octanol–water partition coefficient (Wildman–Crippen LogP) is 3.02. The molecule has 0 radical (unpaired) electrons. The van der Waals surface area contributed by atoms with E-state index < -0.39 is 0 Å². The van der Waals surface area contributed by atoms with E-state index in [2.05, 4.69) is 54.9 Å². The van der Waals surface area contributed by atoms with Gasteiger partial charge in [0.2, 0.25) is 5.89 Å². The topological polar surface area (TPSA) is 62.9 Å². The van der Waals surface area contributed by atoms with Gasteiger partial charge in [-0.15, -0.1) is 24.0 Å². The number of guanidine groups is 1. The van der Waals surface area contributed by atoms with Gasteiger partial charge in [0.15, 0.2) is 5.96 Å². The molecule has 0 aromatic carbocycles. The number of aliphatic imine (C=N–C) groups is 1. The second-order valence-corrected chi connectivity index (χ2v) is 7.15. The van der Waals surface area contributed by atoms with Gasteiger partial charge >= 0.3 is 0 Å². The number of aromatic nitrogens is 1. The van der Waals surface area contributed by atoms with E-state index in [1.807, 2.05) is 0 Å². The lowest BCUT2D eigenvalue weighted by atomic mass is 9.94. The lowest BCUT2D eigenvalue weighted by Crippen LogP contribution is -2.41. The van der Waals surface area contributed by atoms with Gasteiger partial charge in [0.1, 0.15) is 12.3 Å². The molecule has 1 atom stereocenters. The smallest absolute Gasteiger partial charge is 0.216 e. The standard InChI is InChI=1S/C17H30N4O2.HI/c1-6-18-16(21(5)11-13-7-8-22-12-13)20-10-15-19-9-14(23-15)17(2,3)4;/h9,13H,6-8,10-12H2,1-5H3,(H,18,20);1H. The van der Waals surface area contributed by atoms with Crippen molar-refractivity contribution in [1.29, 1.82) is 0 Å². The van der Waals surface area contributed by atoms with Crippen LogP contribution in [0.15, 0.2) is 15.6 Å². The van der Waals surface area contributed by atoms with Gasteiger partial charge in [-0.1, -0.05) is 20.8 Å². The fourth-order valence-corrected chi connectivity index (χ4v) is 2.54. The molecule has 1 unspecified atom stereocenters. The van der Waals surface area contributed by atoms with E-state index in [4.69, 9.17) is 9.15 Å². The van der Waals surface area contributed by atoms with Gasteiger partial charge in [-0.3, -0.25) is 0 Å². The second kappa shape index (κ2) is 9.60. The molecule has 24 heavy (non-hydrogen) atoms. The number of nitrogens with zero attached hydrogens (tertiary/aromatic N) is 3. The predicted molar refractivity (Wildman–Crippen MR) is 107 cm³/mol. The molecule has 2 rings (SSSR count). The van der Waals surface area contributed by atoms with Crippen molar-refractivity contribution >= 4 is 29.9 Å². The van der Waals surface area contributed by atoms with Crippen LogP contribution in [-0.4, -0.2) is 49.2 Å². The van der Waals surface area contributed by atoms with E-state index in [1.165, 1.54) is 0 Å². The fraction of sp³-hybridized carbons (Fsp3) is 0.765. The van der Waals surface area contributed by atoms with Crippen molar-refractivity contribution in [2.45, 2.75) is 46.1 Å². The lowest BCUT2D eigenvalue weighted by Gasteiger charge is -2.24. The normalized spacial score (nSPS) is 18.4. The summed E-state index contributed by atoms with van der Waals surface area (Å²) in [6.45, 7) is 12.4. The first-order valence-electron chi connectivity index (χ1n) is 8.42. The molecular weight excluding hydrogens is 419 g/mol. The zero-order chi connectivity index (χ0) is 16.9. The van der Waals surface area contributed by atoms with E-state index in [1.54, 1.807) is 6.20 Å². The van der Waals surface area contributed by atoms with Crippen molar-refractivity contribution in [3.05, 3.63) is 17.8 Å². The Balaban J connectivity index is 0.00000288. The van der Waals surface area contributed by atoms with E-state index in [0.717, 1.165) is 44.4 Å². The summed E-state index contributed by atoms with van der Waals surface area (Å²) >= 11 is 0. The summed E-state index contributed by atoms with van der Waals surface area (Å²) in [5.74, 6) is 3.01. The Labute approximate surface area is 162 Å². The first-order valence-corrected chi connectivity index (χ1v) is 8.42. The number of nitrogens with one attached hydrogen (secondary N) is 1. The van der Waals surface area contributed by atoms with Crippen molar-refractivity contribution in [1.82, 2.24) is 15.2 Å². The molecule has 0 aliphatic carbocycles. The molecule has 1 aliphatic heterocycles. The molecule has 0 amide bonds. The minimum Gasteiger partial charge on any atom is -0.443 e. The monoisotopic (exact) mass is 450 g/mol. The van der Waals surface area contributed by atoms with Crippen molar-refractivity contribution < 1.29 is 9.15 Å². The summed E-state index contributed by atoms with van der Waals surface area (Å²) < 4.78 is 11.3. The Hall–Kier alpha value is -0.830. The van der Waals surface area contributed by atoms with Gasteiger partial charge in [-0.2, -0.15) is 0 Å². The van der Waals surface area contributed by atoms with E-state index >= 15 is 0 Å². The van der Waals surface area contributed by atoms with Crippen LogP contribution >= 0.6 is 24.0 Å². The summed E-state index contributed by atoms with van der Waals surface area (Å²) in [6.07, 6.45) is 2.93. The van der Waals surface area contributed by atoms with Crippen LogP contribution in [0.25, 0.3) is 0 Å². The van der Waals surface area contributed by atoms with Gasteiger partial charge in [0, 0.05) is 38.1 Å². The summed E-state index contributed by atoms with van der Waals surface area (Å²) in [7, 11) is 2.07. The average Bonchev–Trinajstić information content (AvgIpc) is 3.13. The molecule has 1 aromatic rings. The molecule has 1 fully saturated rings. The zero-order valence-electron chi connectivity index (χ0n) is 15.5. The number of hydrogen-bond donors (Lipinski definition) is 1. The Morgan fingerprint density at radius 1 is 1.46 bits per heavy atom. The Kier molecular flexibility index (Phi) is 8.49. The van der Waals surface area contributed by atoms with Crippen LogP contribution in [0.2, 0.25) is 0 Å². The highest BCUT2D eigenvalue weighted by molar-refractivity contribution is 14.0. The number of rotatable bonds is 5. The third kappa shape index (κ3) is 6.23. The average molecular weight is 450 g/mol. The molecule has 138 valence electrons. The highest BCUT2D eigenvalue weighted by Gasteiger charge is 2.20. The van der Waals surface area contributed by atoms with Gasteiger partial charge < -0.3 is 19.4 Å². The first-order chi connectivity index (χ1) is 10.9. The molecule has 0 spiro atoms. The third-order valence-corrected chi connectivity index (χ3v) is 3.91. The first kappa shape index (κ1) is 21.2. The Bertz CT molecular complexity index is 519. The minimum absolute atomic E-state index is 0. The summed E-state index contributed by atoms with van der Waals surface area (Å²) in [5, 5.41) is 3.33. The van der Waals surface area contributed by atoms with Crippen LogP contribution < -0.4 is 5.32 Å². The molecular formula is C17H31IN4O2. The van der Waals surface area contributed by atoms with Crippen LogP contribution in [0.5, 0.6) is 0 Å². The SMILES string of the molecule is CCNC(=NCc1ncc(C(C)(C)C)o1)N(C)CC1CCOC1.I. The number of halogens is 1. The summed E-state index contributed by atoms with van der Waals surface area (Å²) in [4.78, 5) is 11.2. The Morgan fingerprint density at radius 2 is 2.21 bits per heavy atom. The van der Waals surface area contributed by atoms with Gasteiger partial charge in [-0.25, -0.2) is 9.98 Å². The van der Waals surface area contributed by atoms with Crippen LogP contribution in [-0.2, 0) is 16.7 Å². The maximum Gasteiger partial charge on any atom is 0.216 e. The molecule has 1 saturated heterocycles. The molecule has 1 aromatic heterocycles. The largest absolute Gasteiger partial charge is 0.443 e. The van der Waals surface area contributed by atoms with Gasteiger partial charge in [-0.05, 0) is 13.3 Å². The van der Waals surface area contributed by atoms with Crippen LogP contribution in [0, 0.1) is 5.92 Å². The van der Waals surface area contributed by atoms with Crippen molar-refractivity contribution in [3.63, 3.8) is 0 Å². The van der Waals surface area contributed by atoms with E-state index in [0.29, 0.717) is 18.4 Å². The quantitative estimate of drug-likeness (QED) is 0.425. The number of hydrogen-bond acceptors (Lipinski definition) is 4. The molecule has 1 aliphatic rings. The van der Waals surface area contributed by atoms with E-state index in [-0.39, 0.29) is 29.4 Å². The maximum atomic E-state index is 5.81. The minimum atomic E-state index is -0.0290. The van der Waals surface area contributed by atoms with Crippen LogP contribution in [0.1, 0.15) is 45.8 Å². The van der Waals surface area contributed by atoms with Crippen LogP contribution in [0.4, 0.5) is 0 Å². The van der Waals surface area contributed by atoms with Gasteiger partial charge in [0.05, 0.1) is 12.8 Å². The number of oxazole rings is 1. The second-order valence-electron chi connectivity index (χ2n) is 7.15. The van der Waals surface area contributed by atoms with Crippen molar-refractivity contribution in [2.24, 2.45) is 10.9 Å². The molecule has 6 nitrogen and oxygen atoms in total. The highest BCUT2D eigenvalue weighted by atomic mass is 127.